The largest absolute Gasteiger partial charge is 0.369 e. The van der Waals surface area contributed by atoms with E-state index in [9.17, 15) is 43.2 Å². The summed E-state index contributed by atoms with van der Waals surface area (Å²) in [5.41, 5.74) is 16.4. The number of likely N-dealkylation sites (tertiary alicyclic amines) is 3. The normalized spacial score (nSPS) is 32.7. The first-order valence-corrected chi connectivity index (χ1v) is 27.2. The second-order valence-corrected chi connectivity index (χ2v) is 23.5. The molecule has 15 heteroatoms. The second-order valence-electron chi connectivity index (χ2n) is 23.5. The molecular formula is C55H92N6O9. The van der Waals surface area contributed by atoms with Gasteiger partial charge < -0.3 is 31.9 Å². The minimum atomic E-state index is -0.284. The number of rotatable bonds is 12. The molecule has 6 fully saturated rings. The Bertz CT molecular complexity index is 1870. The van der Waals surface area contributed by atoms with Crippen molar-refractivity contribution in [2.75, 3.05) is 32.7 Å². The third kappa shape index (κ3) is 15.4. The number of ketones is 3. The van der Waals surface area contributed by atoms with Crippen LogP contribution in [-0.2, 0) is 43.2 Å². The molecule has 6 N–H and O–H groups in total. The van der Waals surface area contributed by atoms with Crippen LogP contribution in [0.2, 0.25) is 0 Å². The van der Waals surface area contributed by atoms with Gasteiger partial charge in [-0.3, -0.25) is 43.2 Å². The van der Waals surface area contributed by atoms with Crippen molar-refractivity contribution in [2.45, 2.75) is 172 Å². The van der Waals surface area contributed by atoms with Crippen LogP contribution in [0.5, 0.6) is 0 Å². The molecule has 15 nitrogen and oxygen atoms in total. The van der Waals surface area contributed by atoms with E-state index in [1.54, 1.807) is 0 Å². The van der Waals surface area contributed by atoms with Gasteiger partial charge in [-0.1, -0.05) is 68.7 Å². The van der Waals surface area contributed by atoms with Gasteiger partial charge in [0.15, 0.2) is 0 Å². The molecule has 3 saturated heterocycles. The van der Waals surface area contributed by atoms with Gasteiger partial charge in [-0.15, -0.1) is 0 Å². The van der Waals surface area contributed by atoms with E-state index in [-0.39, 0.29) is 136 Å². The molecule has 3 saturated carbocycles. The van der Waals surface area contributed by atoms with Gasteiger partial charge in [0.2, 0.25) is 35.4 Å². The molecule has 13 atom stereocenters. The zero-order chi connectivity index (χ0) is 52.3. The molecule has 3 heterocycles. The maximum absolute atomic E-state index is 13.1. The fraction of sp³-hybridized carbons (Fsp3) is 0.836. The van der Waals surface area contributed by atoms with Crippen LogP contribution in [-0.4, -0.2) is 106 Å². The van der Waals surface area contributed by atoms with Crippen molar-refractivity contribution in [3.05, 3.63) is 0 Å². The standard InChI is InChI=1S/2C19H32N2O3.C17H28N2O3/c1-11(2)19(24)21-10-15(8-6-13(21)4)17(22)16-9-14(18(20)23)7-5-12(16)3;1-11(2)19(24)21-8-7-13(4)16(10-21)17(22)14-6-5-12(3)15(9-14)18(20)23;1-11(2)17(22)19-8-4-7-14(10-19)15(20)12-5-3-6-13(9-12)16(18)21/h2*11-16H,5-10H2,1-4H3,(H2,20,23);11-14H,3-10H2,1-2H3,(H2,18,21)/t12-,13-,14-,15-,16?;12-,13-,14?,15-,16-;12?,13-,14-/m101/s1. The number of primary amides is 3. The summed E-state index contributed by atoms with van der Waals surface area (Å²) in [7, 11) is 0. The molecule has 6 amide bonds. The van der Waals surface area contributed by atoms with Crippen LogP contribution < -0.4 is 17.2 Å². The fourth-order valence-electron chi connectivity index (χ4n) is 12.4. The van der Waals surface area contributed by atoms with Gasteiger partial charge in [-0.2, -0.15) is 0 Å². The molecular weight excluding hydrogens is 889 g/mol. The van der Waals surface area contributed by atoms with Crippen molar-refractivity contribution >= 4 is 52.8 Å². The summed E-state index contributed by atoms with van der Waals surface area (Å²) in [5.74, 6) is -0.00562. The highest BCUT2D eigenvalue weighted by Gasteiger charge is 2.43. The fourth-order valence-corrected chi connectivity index (χ4v) is 12.4. The molecule has 0 aromatic carbocycles. The number of Topliss-reactive ketones (excluding diaryl/α,β-unsaturated/α-hetero) is 3. The zero-order valence-electron chi connectivity index (χ0n) is 44.6. The Morgan fingerprint density at radius 1 is 0.386 bits per heavy atom. The quantitative estimate of drug-likeness (QED) is 0.197. The van der Waals surface area contributed by atoms with E-state index in [1.165, 1.54) is 0 Å². The highest BCUT2D eigenvalue weighted by molar-refractivity contribution is 5.89. The molecule has 3 aliphatic carbocycles. The molecule has 0 aromatic rings. The smallest absolute Gasteiger partial charge is 0.225 e. The van der Waals surface area contributed by atoms with E-state index in [4.69, 9.17) is 17.2 Å². The number of hydrogen-bond donors (Lipinski definition) is 3. The van der Waals surface area contributed by atoms with Crippen LogP contribution in [0.25, 0.3) is 0 Å². The molecule has 0 aromatic heterocycles. The summed E-state index contributed by atoms with van der Waals surface area (Å²) in [6.45, 7) is 22.8. The number of nitrogens with zero attached hydrogens (tertiary/aromatic N) is 3. The minimum Gasteiger partial charge on any atom is -0.369 e. The summed E-state index contributed by atoms with van der Waals surface area (Å²) >= 11 is 0. The van der Waals surface area contributed by atoms with Gasteiger partial charge >= 0.3 is 0 Å². The van der Waals surface area contributed by atoms with Crippen molar-refractivity contribution < 1.29 is 43.2 Å². The van der Waals surface area contributed by atoms with Gasteiger partial charge in [-0.05, 0) is 115 Å². The first kappa shape index (κ1) is 58.4. The van der Waals surface area contributed by atoms with Crippen molar-refractivity contribution in [3.8, 4) is 0 Å². The van der Waals surface area contributed by atoms with Crippen LogP contribution in [0.1, 0.15) is 166 Å². The van der Waals surface area contributed by atoms with Crippen LogP contribution >= 0.6 is 0 Å². The van der Waals surface area contributed by atoms with Crippen LogP contribution in [0.15, 0.2) is 0 Å². The van der Waals surface area contributed by atoms with Gasteiger partial charge in [0, 0.05) is 110 Å². The Morgan fingerprint density at radius 3 is 1.40 bits per heavy atom. The van der Waals surface area contributed by atoms with Gasteiger partial charge in [-0.25, -0.2) is 0 Å². The zero-order valence-corrected chi connectivity index (χ0v) is 44.6. The lowest BCUT2D eigenvalue weighted by Crippen LogP contribution is -2.50. The molecule has 6 rings (SSSR count). The summed E-state index contributed by atoms with van der Waals surface area (Å²) in [6.07, 6.45) is 12.0. The van der Waals surface area contributed by atoms with Crippen LogP contribution in [0.4, 0.5) is 0 Å². The third-order valence-corrected chi connectivity index (χ3v) is 17.2. The SMILES string of the molecule is CC(C)C(=O)N1CCC[C@@H](C(=O)C2CCC[C@@H](C(N)=O)C2)C1.CC(C)C(=O)N1CC[C@H](C)[C@@H](C(=O)C2CC[C@H](C)[C@@H](C(N)=O)C2)C1.CC(C)C(=O)N1C[C@H](C(=O)C2C[C@H](C(N)=O)CC[C@H]2C)CC[C@H]1C. The first-order valence-electron chi connectivity index (χ1n) is 27.2. The summed E-state index contributed by atoms with van der Waals surface area (Å²) in [5, 5.41) is 0. The maximum atomic E-state index is 13.1. The van der Waals surface area contributed by atoms with E-state index < -0.39 is 0 Å². The lowest BCUT2D eigenvalue weighted by Gasteiger charge is -2.41. The van der Waals surface area contributed by atoms with Gasteiger partial charge in [0.25, 0.3) is 0 Å². The van der Waals surface area contributed by atoms with E-state index in [0.29, 0.717) is 50.7 Å². The summed E-state index contributed by atoms with van der Waals surface area (Å²) in [6, 6.07) is 0.200. The lowest BCUT2D eigenvalue weighted by molar-refractivity contribution is -0.143. The van der Waals surface area contributed by atoms with Gasteiger partial charge in [0.1, 0.15) is 17.3 Å². The number of carbonyl (C=O) groups excluding carboxylic acids is 9. The van der Waals surface area contributed by atoms with Crippen molar-refractivity contribution in [2.24, 2.45) is 106 Å². The average molecular weight is 981 g/mol. The maximum Gasteiger partial charge on any atom is 0.225 e. The Labute approximate surface area is 419 Å². The first-order chi connectivity index (χ1) is 32.8. The van der Waals surface area contributed by atoms with Crippen molar-refractivity contribution in [3.63, 3.8) is 0 Å². The van der Waals surface area contributed by atoms with Crippen LogP contribution in [0.3, 0.4) is 0 Å². The highest BCUT2D eigenvalue weighted by atomic mass is 16.2. The Balaban J connectivity index is 0.000000229. The van der Waals surface area contributed by atoms with E-state index in [2.05, 4.69) is 20.8 Å². The topological polar surface area (TPSA) is 241 Å². The molecule has 396 valence electrons. The number of piperidine rings is 3. The second kappa shape index (κ2) is 26.5. The molecule has 0 spiro atoms. The Hall–Kier alpha value is -4.17. The van der Waals surface area contributed by atoms with Crippen LogP contribution in [0, 0.1) is 88.8 Å². The van der Waals surface area contributed by atoms with Crippen molar-refractivity contribution in [1.82, 2.24) is 14.7 Å². The monoisotopic (exact) mass is 981 g/mol. The lowest BCUT2D eigenvalue weighted by atomic mass is 9.69. The average Bonchev–Trinajstić information content (AvgIpc) is 3.33. The number of hydrogen-bond acceptors (Lipinski definition) is 9. The summed E-state index contributed by atoms with van der Waals surface area (Å²) < 4.78 is 0. The highest BCUT2D eigenvalue weighted by Crippen LogP contribution is 2.40. The molecule has 0 bridgehead atoms. The predicted molar refractivity (Wildman–Crippen MR) is 270 cm³/mol. The third-order valence-electron chi connectivity index (χ3n) is 17.2. The number of nitrogens with two attached hydrogens (primary N) is 3. The molecule has 3 aliphatic heterocycles. The molecule has 3 unspecified atom stereocenters. The minimum absolute atomic E-state index is 0.0252. The summed E-state index contributed by atoms with van der Waals surface area (Å²) in [4.78, 5) is 116. The van der Waals surface area contributed by atoms with Crippen molar-refractivity contribution in [1.29, 1.82) is 0 Å². The molecule has 0 radical (unpaired) electrons. The number of carbonyl (C=O) groups is 9. The number of amides is 6. The van der Waals surface area contributed by atoms with E-state index in [0.717, 1.165) is 90.1 Å². The molecule has 6 aliphatic rings. The van der Waals surface area contributed by atoms with E-state index in [1.807, 2.05) is 63.2 Å². The Kier molecular flexibility index (Phi) is 22.1. The molecule has 70 heavy (non-hydrogen) atoms. The van der Waals surface area contributed by atoms with E-state index >= 15 is 0 Å². The van der Waals surface area contributed by atoms with Gasteiger partial charge in [0.05, 0.1) is 0 Å². The Morgan fingerprint density at radius 2 is 0.829 bits per heavy atom. The predicted octanol–water partition coefficient (Wildman–Crippen LogP) is 6.35.